The summed E-state index contributed by atoms with van der Waals surface area (Å²) in [5, 5.41) is 0. The maximum Gasteiger partial charge on any atom is 0.146 e. The van der Waals surface area contributed by atoms with Gasteiger partial charge < -0.3 is 15.2 Å². The van der Waals surface area contributed by atoms with E-state index in [-0.39, 0.29) is 6.10 Å². The zero-order valence-corrected chi connectivity index (χ0v) is 12.0. The minimum absolute atomic E-state index is 0.121. The molecule has 0 amide bonds. The summed E-state index contributed by atoms with van der Waals surface area (Å²) in [6, 6.07) is 5.75. The van der Waals surface area contributed by atoms with Crippen LogP contribution in [0.1, 0.15) is 46.0 Å². The molecule has 0 saturated heterocycles. The van der Waals surface area contributed by atoms with Crippen molar-refractivity contribution in [3.8, 4) is 11.5 Å². The molecule has 1 saturated carbocycles. The summed E-state index contributed by atoms with van der Waals surface area (Å²) in [5.74, 6) is 2.16. The standard InChI is InChI=1S/C16H25NO2/c1-12(2)19-15-10-6-9-14(16(15)17)18-11-13-7-4-3-5-8-13/h6,9-10,12-13H,3-5,7-8,11,17H2,1-2H3. The Bertz CT molecular complexity index is 398. The number of nitrogen functional groups attached to an aromatic ring is 1. The summed E-state index contributed by atoms with van der Waals surface area (Å²) in [6.07, 6.45) is 6.72. The Morgan fingerprint density at radius 1 is 1.16 bits per heavy atom. The monoisotopic (exact) mass is 263 g/mol. The number of hydrogen-bond acceptors (Lipinski definition) is 3. The normalized spacial score (nSPS) is 16.6. The molecule has 3 nitrogen and oxygen atoms in total. The molecule has 0 heterocycles. The van der Waals surface area contributed by atoms with Crippen LogP contribution in [0.5, 0.6) is 11.5 Å². The molecule has 0 aliphatic heterocycles. The first-order valence-corrected chi connectivity index (χ1v) is 7.34. The average molecular weight is 263 g/mol. The molecule has 0 spiro atoms. The van der Waals surface area contributed by atoms with Crippen molar-refractivity contribution in [3.63, 3.8) is 0 Å². The first kappa shape index (κ1) is 14.0. The second-order valence-corrected chi connectivity index (χ2v) is 5.65. The number of para-hydroxylation sites is 1. The van der Waals surface area contributed by atoms with Gasteiger partial charge in [0.15, 0.2) is 0 Å². The Hall–Kier alpha value is -1.38. The molecule has 3 heteroatoms. The number of anilines is 1. The smallest absolute Gasteiger partial charge is 0.146 e. The largest absolute Gasteiger partial charge is 0.491 e. The number of benzene rings is 1. The summed E-state index contributed by atoms with van der Waals surface area (Å²) in [4.78, 5) is 0. The van der Waals surface area contributed by atoms with Gasteiger partial charge in [0, 0.05) is 0 Å². The third-order valence-electron chi connectivity index (χ3n) is 3.59. The average Bonchev–Trinajstić information content (AvgIpc) is 2.40. The van der Waals surface area contributed by atoms with Gasteiger partial charge >= 0.3 is 0 Å². The van der Waals surface area contributed by atoms with Gasteiger partial charge in [0.2, 0.25) is 0 Å². The van der Waals surface area contributed by atoms with Crippen LogP contribution in [-0.4, -0.2) is 12.7 Å². The molecule has 1 aromatic rings. The van der Waals surface area contributed by atoms with Crippen molar-refractivity contribution in [1.29, 1.82) is 0 Å². The molecule has 0 atom stereocenters. The quantitative estimate of drug-likeness (QED) is 0.816. The molecule has 2 rings (SSSR count). The van der Waals surface area contributed by atoms with E-state index >= 15 is 0 Å². The number of ether oxygens (including phenoxy) is 2. The van der Waals surface area contributed by atoms with Crippen molar-refractivity contribution in [3.05, 3.63) is 18.2 Å². The molecule has 1 aromatic carbocycles. The highest BCUT2D eigenvalue weighted by atomic mass is 16.5. The van der Waals surface area contributed by atoms with Crippen LogP contribution in [0.25, 0.3) is 0 Å². The SMILES string of the molecule is CC(C)Oc1cccc(OCC2CCCCC2)c1N. The van der Waals surface area contributed by atoms with E-state index in [9.17, 15) is 0 Å². The lowest BCUT2D eigenvalue weighted by atomic mass is 9.90. The van der Waals surface area contributed by atoms with Gasteiger partial charge in [-0.25, -0.2) is 0 Å². The van der Waals surface area contributed by atoms with Gasteiger partial charge in [-0.15, -0.1) is 0 Å². The number of rotatable bonds is 5. The van der Waals surface area contributed by atoms with Gasteiger partial charge in [0.25, 0.3) is 0 Å². The molecule has 0 aromatic heterocycles. The Labute approximate surface area is 116 Å². The second-order valence-electron chi connectivity index (χ2n) is 5.65. The fraction of sp³-hybridized carbons (Fsp3) is 0.625. The highest BCUT2D eigenvalue weighted by Crippen LogP contribution is 2.33. The molecular formula is C16H25NO2. The molecule has 19 heavy (non-hydrogen) atoms. The van der Waals surface area contributed by atoms with Crippen molar-refractivity contribution in [2.24, 2.45) is 5.92 Å². The van der Waals surface area contributed by atoms with E-state index in [0.717, 1.165) is 18.1 Å². The maximum absolute atomic E-state index is 6.10. The van der Waals surface area contributed by atoms with Crippen LogP contribution < -0.4 is 15.2 Å². The molecule has 2 N–H and O–H groups in total. The maximum atomic E-state index is 6.10. The first-order valence-electron chi connectivity index (χ1n) is 7.34. The van der Waals surface area contributed by atoms with Gasteiger partial charge in [0.1, 0.15) is 17.2 Å². The van der Waals surface area contributed by atoms with Crippen LogP contribution in [-0.2, 0) is 0 Å². The molecule has 0 bridgehead atoms. The van der Waals surface area contributed by atoms with Crippen molar-refractivity contribution in [2.75, 3.05) is 12.3 Å². The highest BCUT2D eigenvalue weighted by molar-refractivity contribution is 5.62. The Balaban J connectivity index is 1.95. The van der Waals surface area contributed by atoms with E-state index in [1.54, 1.807) is 0 Å². The van der Waals surface area contributed by atoms with Crippen LogP contribution in [0.15, 0.2) is 18.2 Å². The van der Waals surface area contributed by atoms with Crippen LogP contribution >= 0.6 is 0 Å². The lowest BCUT2D eigenvalue weighted by molar-refractivity contribution is 0.207. The second kappa shape index (κ2) is 6.69. The summed E-state index contributed by atoms with van der Waals surface area (Å²) < 4.78 is 11.6. The topological polar surface area (TPSA) is 44.5 Å². The predicted octanol–water partition coefficient (Wildman–Crippen LogP) is 4.02. The first-order chi connectivity index (χ1) is 9.16. The molecule has 106 valence electrons. The molecule has 1 fully saturated rings. The van der Waals surface area contributed by atoms with Crippen molar-refractivity contribution >= 4 is 5.69 Å². The summed E-state index contributed by atoms with van der Waals surface area (Å²) >= 11 is 0. The van der Waals surface area contributed by atoms with E-state index in [0.29, 0.717) is 11.6 Å². The van der Waals surface area contributed by atoms with Crippen LogP contribution in [0.3, 0.4) is 0 Å². The lowest BCUT2D eigenvalue weighted by Crippen LogP contribution is -2.16. The Morgan fingerprint density at radius 2 is 1.84 bits per heavy atom. The van der Waals surface area contributed by atoms with E-state index < -0.39 is 0 Å². The summed E-state index contributed by atoms with van der Waals surface area (Å²) in [6.45, 7) is 4.76. The van der Waals surface area contributed by atoms with Gasteiger partial charge in [-0.1, -0.05) is 25.3 Å². The van der Waals surface area contributed by atoms with Crippen molar-refractivity contribution < 1.29 is 9.47 Å². The van der Waals surface area contributed by atoms with Gasteiger partial charge in [-0.2, -0.15) is 0 Å². The highest BCUT2D eigenvalue weighted by Gasteiger charge is 2.15. The third-order valence-corrected chi connectivity index (χ3v) is 3.59. The summed E-state index contributed by atoms with van der Waals surface area (Å²) in [7, 11) is 0. The molecule has 1 aliphatic carbocycles. The van der Waals surface area contributed by atoms with E-state index in [4.69, 9.17) is 15.2 Å². The zero-order valence-electron chi connectivity index (χ0n) is 12.0. The van der Waals surface area contributed by atoms with Crippen LogP contribution in [0, 0.1) is 5.92 Å². The van der Waals surface area contributed by atoms with Gasteiger partial charge in [-0.3, -0.25) is 0 Å². The van der Waals surface area contributed by atoms with E-state index in [1.165, 1.54) is 32.1 Å². The van der Waals surface area contributed by atoms with Gasteiger partial charge in [0.05, 0.1) is 12.7 Å². The van der Waals surface area contributed by atoms with Crippen LogP contribution in [0.4, 0.5) is 5.69 Å². The predicted molar refractivity (Wildman–Crippen MR) is 78.7 cm³/mol. The fourth-order valence-corrected chi connectivity index (χ4v) is 2.57. The minimum atomic E-state index is 0.121. The van der Waals surface area contributed by atoms with Gasteiger partial charge in [-0.05, 0) is 44.7 Å². The van der Waals surface area contributed by atoms with Crippen molar-refractivity contribution in [2.45, 2.75) is 52.1 Å². The summed E-state index contributed by atoms with van der Waals surface area (Å²) in [5.41, 5.74) is 6.71. The van der Waals surface area contributed by atoms with Crippen molar-refractivity contribution in [1.82, 2.24) is 0 Å². The number of nitrogens with two attached hydrogens (primary N) is 1. The fourth-order valence-electron chi connectivity index (χ4n) is 2.57. The van der Waals surface area contributed by atoms with Crippen LogP contribution in [0.2, 0.25) is 0 Å². The Morgan fingerprint density at radius 3 is 2.53 bits per heavy atom. The molecule has 0 unspecified atom stereocenters. The zero-order chi connectivity index (χ0) is 13.7. The van der Waals surface area contributed by atoms with E-state index in [2.05, 4.69) is 0 Å². The third kappa shape index (κ3) is 4.05. The number of hydrogen-bond donors (Lipinski definition) is 1. The van der Waals surface area contributed by atoms with E-state index in [1.807, 2.05) is 32.0 Å². The lowest BCUT2D eigenvalue weighted by Gasteiger charge is -2.22. The minimum Gasteiger partial charge on any atom is -0.491 e. The molecule has 0 radical (unpaired) electrons. The Kier molecular flexibility index (Phi) is 4.94. The molecular weight excluding hydrogens is 238 g/mol. The molecule has 1 aliphatic rings.